The first-order chi connectivity index (χ1) is 6.13. The maximum atomic E-state index is 10.3. The summed E-state index contributed by atoms with van der Waals surface area (Å²) in [5.74, 6) is 0.0229. The zero-order chi connectivity index (χ0) is 9.84. The van der Waals surface area contributed by atoms with Gasteiger partial charge in [-0.15, -0.1) is 0 Å². The Morgan fingerprint density at radius 2 is 2.38 bits per heavy atom. The van der Waals surface area contributed by atoms with Crippen LogP contribution >= 0.6 is 0 Å². The van der Waals surface area contributed by atoms with Crippen LogP contribution in [-0.4, -0.2) is 46.4 Å². The molecule has 74 valence electrons. The molecule has 7 nitrogen and oxygen atoms in total. The molecule has 7 heteroatoms. The van der Waals surface area contributed by atoms with Crippen LogP contribution in [0.3, 0.4) is 0 Å². The fraction of sp³-hybridized carbons (Fsp3) is 0.667. The number of oxime groups is 1. The largest absolute Gasteiger partial charge is 0.465 e. The minimum absolute atomic E-state index is 0.0229. The number of hydrogen-bond donors (Lipinski definition) is 4. The number of carboxylic acid groups (broad SMARTS) is 1. The predicted molar refractivity (Wildman–Crippen MR) is 44.5 cm³/mol. The van der Waals surface area contributed by atoms with E-state index in [2.05, 4.69) is 10.5 Å². The highest BCUT2D eigenvalue weighted by Gasteiger charge is 2.24. The monoisotopic (exact) mass is 188 g/mol. The van der Waals surface area contributed by atoms with E-state index in [9.17, 15) is 4.79 Å². The molecule has 1 aliphatic rings. The van der Waals surface area contributed by atoms with Crippen LogP contribution in [0.25, 0.3) is 0 Å². The minimum atomic E-state index is -1.05. The first kappa shape index (κ1) is 9.43. The number of nitrogens with zero attached hydrogens (tertiary/aromatic N) is 2. The zero-order valence-corrected chi connectivity index (χ0v) is 6.97. The van der Waals surface area contributed by atoms with E-state index in [1.807, 2.05) is 0 Å². The fourth-order valence-corrected chi connectivity index (χ4v) is 1.32. The van der Waals surface area contributed by atoms with Crippen LogP contribution in [0, 0.1) is 0 Å². The number of guanidine groups is 1. The second kappa shape index (κ2) is 3.83. The summed E-state index contributed by atoms with van der Waals surface area (Å²) < 4.78 is 0. The lowest BCUT2D eigenvalue weighted by Crippen LogP contribution is -2.40. The molecule has 1 atom stereocenters. The second-order valence-corrected chi connectivity index (χ2v) is 2.84. The Bertz CT molecular complexity index is 230. The molecule has 0 radical (unpaired) electrons. The Morgan fingerprint density at radius 3 is 2.92 bits per heavy atom. The van der Waals surface area contributed by atoms with Gasteiger partial charge in [0.1, 0.15) is 0 Å². The van der Waals surface area contributed by atoms with Crippen molar-refractivity contribution in [3.63, 3.8) is 0 Å². The van der Waals surface area contributed by atoms with Crippen molar-refractivity contribution >= 4 is 12.1 Å². The van der Waals surface area contributed by atoms with Gasteiger partial charge in [-0.2, -0.15) is 0 Å². The molecule has 1 amide bonds. The first-order valence-corrected chi connectivity index (χ1v) is 3.85. The summed E-state index contributed by atoms with van der Waals surface area (Å²) >= 11 is 0. The third-order valence-corrected chi connectivity index (χ3v) is 1.94. The first-order valence-electron chi connectivity index (χ1n) is 3.85. The van der Waals surface area contributed by atoms with Gasteiger partial charge in [-0.25, -0.2) is 4.79 Å². The van der Waals surface area contributed by atoms with E-state index >= 15 is 0 Å². The third kappa shape index (κ3) is 2.39. The van der Waals surface area contributed by atoms with Crippen LogP contribution < -0.4 is 11.1 Å². The van der Waals surface area contributed by atoms with E-state index in [0.29, 0.717) is 19.5 Å². The summed E-state index contributed by atoms with van der Waals surface area (Å²) in [6.07, 6.45) is -0.381. The maximum absolute atomic E-state index is 10.3. The molecule has 0 aromatic rings. The third-order valence-electron chi connectivity index (χ3n) is 1.94. The van der Waals surface area contributed by atoms with Gasteiger partial charge in [0.05, 0.1) is 6.04 Å². The van der Waals surface area contributed by atoms with Gasteiger partial charge in [-0.3, -0.25) is 0 Å². The number of hydrogen-bond acceptors (Lipinski definition) is 3. The Balaban J connectivity index is 2.40. The molecule has 0 aromatic heterocycles. The molecule has 0 unspecified atom stereocenters. The maximum Gasteiger partial charge on any atom is 0.404 e. The van der Waals surface area contributed by atoms with Crippen LogP contribution in [0.5, 0.6) is 0 Å². The molecule has 0 spiro atoms. The molecular formula is C6H12N4O3. The van der Waals surface area contributed by atoms with Crippen molar-refractivity contribution in [3.05, 3.63) is 0 Å². The lowest BCUT2D eigenvalue weighted by Gasteiger charge is -2.15. The molecule has 0 bridgehead atoms. The van der Waals surface area contributed by atoms with E-state index in [1.54, 1.807) is 4.90 Å². The van der Waals surface area contributed by atoms with E-state index < -0.39 is 6.09 Å². The summed E-state index contributed by atoms with van der Waals surface area (Å²) in [4.78, 5) is 11.9. The van der Waals surface area contributed by atoms with Gasteiger partial charge in [0.2, 0.25) is 5.96 Å². The summed E-state index contributed by atoms with van der Waals surface area (Å²) in [5, 5.41) is 21.9. The molecule has 1 rings (SSSR count). The second-order valence-electron chi connectivity index (χ2n) is 2.84. The van der Waals surface area contributed by atoms with Gasteiger partial charge in [-0.1, -0.05) is 5.16 Å². The summed E-state index contributed by atoms with van der Waals surface area (Å²) in [7, 11) is 0. The van der Waals surface area contributed by atoms with Crippen molar-refractivity contribution in [2.24, 2.45) is 10.9 Å². The smallest absolute Gasteiger partial charge is 0.404 e. The number of likely N-dealkylation sites (tertiary alicyclic amines) is 1. The van der Waals surface area contributed by atoms with Gasteiger partial charge in [0, 0.05) is 13.1 Å². The van der Waals surface area contributed by atoms with Crippen molar-refractivity contribution in [2.75, 3.05) is 13.1 Å². The van der Waals surface area contributed by atoms with E-state index in [4.69, 9.17) is 16.0 Å². The van der Waals surface area contributed by atoms with Gasteiger partial charge in [0.25, 0.3) is 0 Å². The number of nitrogens with two attached hydrogens (primary N) is 1. The summed E-state index contributed by atoms with van der Waals surface area (Å²) in [5.41, 5.74) is 5.32. The van der Waals surface area contributed by atoms with Crippen LogP contribution in [-0.2, 0) is 0 Å². The highest BCUT2D eigenvalue weighted by atomic mass is 16.4. The van der Waals surface area contributed by atoms with E-state index in [0.717, 1.165) is 0 Å². The molecule has 1 fully saturated rings. The summed E-state index contributed by atoms with van der Waals surface area (Å²) in [6.45, 7) is 1.04. The van der Waals surface area contributed by atoms with Crippen molar-refractivity contribution in [3.8, 4) is 0 Å². The van der Waals surface area contributed by atoms with Gasteiger partial charge in [0.15, 0.2) is 0 Å². The minimum Gasteiger partial charge on any atom is -0.465 e. The average molecular weight is 188 g/mol. The van der Waals surface area contributed by atoms with Crippen LogP contribution in [0.2, 0.25) is 0 Å². The zero-order valence-electron chi connectivity index (χ0n) is 6.97. The predicted octanol–water partition coefficient (Wildman–Crippen LogP) is -0.968. The summed E-state index contributed by atoms with van der Waals surface area (Å²) in [6, 6.07) is -0.141. The molecule has 1 heterocycles. The van der Waals surface area contributed by atoms with Crippen molar-refractivity contribution in [2.45, 2.75) is 12.5 Å². The Hall–Kier alpha value is -1.66. The van der Waals surface area contributed by atoms with E-state index in [1.165, 1.54) is 0 Å². The quantitative estimate of drug-likeness (QED) is 0.183. The number of carbonyl (C=O) groups is 1. The highest BCUT2D eigenvalue weighted by Crippen LogP contribution is 2.07. The normalized spacial score (nSPS) is 23.2. The van der Waals surface area contributed by atoms with Crippen LogP contribution in [0.15, 0.2) is 5.16 Å². The van der Waals surface area contributed by atoms with Gasteiger partial charge >= 0.3 is 6.09 Å². The molecule has 13 heavy (non-hydrogen) atoms. The standard InChI is InChI=1S/C6H12N4O3/c7-5(9-13)10-2-1-4(3-10)8-6(11)12/h4,8,13H,1-3H2,(H2,7,9)(H,11,12)/t4-/m0/s1. The van der Waals surface area contributed by atoms with E-state index in [-0.39, 0.29) is 12.0 Å². The molecular weight excluding hydrogens is 176 g/mol. The molecule has 1 saturated heterocycles. The average Bonchev–Trinajstić information content (AvgIpc) is 2.50. The van der Waals surface area contributed by atoms with Crippen molar-refractivity contribution in [1.82, 2.24) is 10.2 Å². The Morgan fingerprint density at radius 1 is 1.69 bits per heavy atom. The SMILES string of the molecule is N/C(=N\O)N1CC[C@H](NC(=O)O)C1. The van der Waals surface area contributed by atoms with Crippen LogP contribution in [0.1, 0.15) is 6.42 Å². The molecule has 1 aliphatic heterocycles. The fourth-order valence-electron chi connectivity index (χ4n) is 1.32. The molecule has 0 saturated carbocycles. The number of rotatable bonds is 1. The molecule has 0 aliphatic carbocycles. The van der Waals surface area contributed by atoms with Gasteiger partial charge in [-0.05, 0) is 6.42 Å². The van der Waals surface area contributed by atoms with Crippen molar-refractivity contribution in [1.29, 1.82) is 0 Å². The Kier molecular flexibility index (Phi) is 2.78. The Labute approximate surface area is 74.8 Å². The van der Waals surface area contributed by atoms with Crippen LogP contribution in [0.4, 0.5) is 4.79 Å². The molecule has 5 N–H and O–H groups in total. The van der Waals surface area contributed by atoms with Gasteiger partial charge < -0.3 is 26.3 Å². The number of nitrogens with one attached hydrogen (secondary N) is 1. The van der Waals surface area contributed by atoms with Crippen molar-refractivity contribution < 1.29 is 15.1 Å². The highest BCUT2D eigenvalue weighted by molar-refractivity contribution is 5.77. The lowest BCUT2D eigenvalue weighted by molar-refractivity contribution is 0.190. The molecule has 0 aromatic carbocycles. The topological polar surface area (TPSA) is 111 Å². The number of amides is 1. The lowest BCUT2D eigenvalue weighted by atomic mass is 10.3.